The molecular weight excluding hydrogens is 296 g/mol. The molecule has 2 N–H and O–H groups in total. The van der Waals surface area contributed by atoms with E-state index in [-0.39, 0.29) is 6.03 Å². The fourth-order valence-corrected chi connectivity index (χ4v) is 1.89. The van der Waals surface area contributed by atoms with E-state index in [1.54, 1.807) is 12.1 Å². The van der Waals surface area contributed by atoms with Gasteiger partial charge in [0.05, 0.1) is 24.9 Å². The molecule has 7 heteroatoms. The van der Waals surface area contributed by atoms with Gasteiger partial charge in [-0.05, 0) is 19.4 Å². The smallest absolute Gasteiger partial charge is 0.319 e. The van der Waals surface area contributed by atoms with Crippen molar-refractivity contribution in [2.24, 2.45) is 0 Å². The fraction of sp³-hybridized carbons (Fsp3) is 0.500. The van der Waals surface area contributed by atoms with Gasteiger partial charge in [-0.25, -0.2) is 4.79 Å². The van der Waals surface area contributed by atoms with Gasteiger partial charge in [0.15, 0.2) is 0 Å². The van der Waals surface area contributed by atoms with Crippen LogP contribution in [0.2, 0.25) is 5.02 Å². The quantitative estimate of drug-likeness (QED) is 0.724. The standard InChI is InChI=1S/C14H21ClN2O4/c1-4-21-7-5-6-16-14(18)17-11-8-10(15)12(19-2)9-13(11)20-3/h8-9H,4-7H2,1-3H3,(H2,16,17,18). The molecular formula is C14H21ClN2O4. The second kappa shape index (κ2) is 9.31. The molecule has 0 heterocycles. The molecule has 0 radical (unpaired) electrons. The van der Waals surface area contributed by atoms with E-state index in [9.17, 15) is 4.79 Å². The lowest BCUT2D eigenvalue weighted by atomic mass is 10.2. The third-order valence-electron chi connectivity index (χ3n) is 2.68. The Bertz CT molecular complexity index is 469. The summed E-state index contributed by atoms with van der Waals surface area (Å²) in [5.41, 5.74) is 0.477. The number of nitrogens with one attached hydrogen (secondary N) is 2. The summed E-state index contributed by atoms with van der Waals surface area (Å²) in [6, 6.07) is 2.87. The highest BCUT2D eigenvalue weighted by atomic mass is 35.5. The number of carbonyl (C=O) groups is 1. The van der Waals surface area contributed by atoms with Crippen molar-refractivity contribution in [1.29, 1.82) is 0 Å². The first-order chi connectivity index (χ1) is 10.1. The summed E-state index contributed by atoms with van der Waals surface area (Å²) in [5.74, 6) is 0.955. The van der Waals surface area contributed by atoms with Crippen molar-refractivity contribution >= 4 is 23.3 Å². The Hall–Kier alpha value is -1.66. The molecule has 0 bridgehead atoms. The van der Waals surface area contributed by atoms with Crippen molar-refractivity contribution in [1.82, 2.24) is 5.32 Å². The second-order valence-corrected chi connectivity index (χ2v) is 4.53. The Morgan fingerprint density at radius 1 is 1.24 bits per heavy atom. The molecule has 21 heavy (non-hydrogen) atoms. The van der Waals surface area contributed by atoms with Crippen LogP contribution in [0.15, 0.2) is 12.1 Å². The summed E-state index contributed by atoms with van der Waals surface area (Å²) >= 11 is 6.03. The maximum absolute atomic E-state index is 11.8. The van der Waals surface area contributed by atoms with E-state index in [2.05, 4.69) is 10.6 Å². The zero-order valence-electron chi connectivity index (χ0n) is 12.5. The normalized spacial score (nSPS) is 10.1. The van der Waals surface area contributed by atoms with E-state index < -0.39 is 0 Å². The zero-order chi connectivity index (χ0) is 15.7. The van der Waals surface area contributed by atoms with Crippen LogP contribution in [0.3, 0.4) is 0 Å². The minimum absolute atomic E-state index is 0.328. The molecule has 0 unspecified atom stereocenters. The molecule has 118 valence electrons. The van der Waals surface area contributed by atoms with E-state index in [1.807, 2.05) is 6.92 Å². The Kier molecular flexibility index (Phi) is 7.71. The highest BCUT2D eigenvalue weighted by Crippen LogP contribution is 2.35. The van der Waals surface area contributed by atoms with Crippen LogP contribution in [0.25, 0.3) is 0 Å². The van der Waals surface area contributed by atoms with Crippen LogP contribution in [0.1, 0.15) is 13.3 Å². The number of urea groups is 1. The lowest BCUT2D eigenvalue weighted by Crippen LogP contribution is -2.30. The third kappa shape index (κ3) is 5.69. The summed E-state index contributed by atoms with van der Waals surface area (Å²) in [6.45, 7) is 3.75. The molecule has 0 fully saturated rings. The van der Waals surface area contributed by atoms with Crippen LogP contribution in [-0.2, 0) is 4.74 Å². The lowest BCUT2D eigenvalue weighted by molar-refractivity contribution is 0.145. The molecule has 0 aliphatic rings. The summed E-state index contributed by atoms with van der Waals surface area (Å²) in [7, 11) is 3.02. The van der Waals surface area contributed by atoms with Crippen LogP contribution in [0.5, 0.6) is 11.5 Å². The van der Waals surface area contributed by atoms with Crippen LogP contribution >= 0.6 is 11.6 Å². The second-order valence-electron chi connectivity index (χ2n) is 4.12. The average Bonchev–Trinajstić information content (AvgIpc) is 2.47. The van der Waals surface area contributed by atoms with Crippen LogP contribution < -0.4 is 20.1 Å². The number of halogens is 1. The Labute approximate surface area is 129 Å². The maximum Gasteiger partial charge on any atom is 0.319 e. The SMILES string of the molecule is CCOCCCNC(=O)Nc1cc(Cl)c(OC)cc1OC. The molecule has 1 aromatic carbocycles. The van der Waals surface area contributed by atoms with Crippen molar-refractivity contribution in [2.45, 2.75) is 13.3 Å². The highest BCUT2D eigenvalue weighted by Gasteiger charge is 2.12. The third-order valence-corrected chi connectivity index (χ3v) is 2.97. The number of ether oxygens (including phenoxy) is 3. The largest absolute Gasteiger partial charge is 0.495 e. The van der Waals surface area contributed by atoms with Gasteiger partial charge in [-0.15, -0.1) is 0 Å². The van der Waals surface area contributed by atoms with E-state index in [4.69, 9.17) is 25.8 Å². The van der Waals surface area contributed by atoms with Gasteiger partial charge in [0.2, 0.25) is 0 Å². The molecule has 0 saturated heterocycles. The van der Waals surface area contributed by atoms with E-state index >= 15 is 0 Å². The van der Waals surface area contributed by atoms with Gasteiger partial charge >= 0.3 is 6.03 Å². The van der Waals surface area contributed by atoms with Crippen molar-refractivity contribution in [3.05, 3.63) is 17.2 Å². The van der Waals surface area contributed by atoms with E-state index in [0.29, 0.717) is 42.0 Å². The molecule has 0 aromatic heterocycles. The average molecular weight is 317 g/mol. The van der Waals surface area contributed by atoms with Gasteiger partial charge in [-0.1, -0.05) is 11.6 Å². The van der Waals surface area contributed by atoms with Crippen molar-refractivity contribution in [3.8, 4) is 11.5 Å². The van der Waals surface area contributed by atoms with Gasteiger partial charge in [-0.2, -0.15) is 0 Å². The first-order valence-electron chi connectivity index (χ1n) is 6.66. The summed E-state index contributed by atoms with van der Waals surface area (Å²) < 4.78 is 15.5. The molecule has 0 aliphatic carbocycles. The number of hydrogen-bond acceptors (Lipinski definition) is 4. The topological polar surface area (TPSA) is 68.8 Å². The number of hydrogen-bond donors (Lipinski definition) is 2. The Morgan fingerprint density at radius 3 is 2.57 bits per heavy atom. The van der Waals surface area contributed by atoms with Crippen molar-refractivity contribution in [2.75, 3.05) is 39.3 Å². The lowest BCUT2D eigenvalue weighted by Gasteiger charge is -2.13. The minimum Gasteiger partial charge on any atom is -0.495 e. The Balaban J connectivity index is 2.57. The predicted octanol–water partition coefficient (Wildman–Crippen LogP) is 2.91. The zero-order valence-corrected chi connectivity index (χ0v) is 13.3. The predicted molar refractivity (Wildman–Crippen MR) is 82.7 cm³/mol. The van der Waals surface area contributed by atoms with Gasteiger partial charge in [0.1, 0.15) is 11.5 Å². The maximum atomic E-state index is 11.8. The van der Waals surface area contributed by atoms with Gasteiger partial charge in [0.25, 0.3) is 0 Å². The number of amides is 2. The fourth-order valence-electron chi connectivity index (χ4n) is 1.64. The van der Waals surface area contributed by atoms with Crippen molar-refractivity contribution < 1.29 is 19.0 Å². The van der Waals surface area contributed by atoms with Crippen LogP contribution in [-0.4, -0.2) is 40.0 Å². The first-order valence-corrected chi connectivity index (χ1v) is 7.04. The molecule has 2 amide bonds. The number of methoxy groups -OCH3 is 2. The highest BCUT2D eigenvalue weighted by molar-refractivity contribution is 6.32. The van der Waals surface area contributed by atoms with E-state index in [0.717, 1.165) is 6.42 Å². The summed E-state index contributed by atoms with van der Waals surface area (Å²) in [5, 5.41) is 5.81. The number of rotatable bonds is 8. The monoisotopic (exact) mass is 316 g/mol. The number of carbonyl (C=O) groups excluding carboxylic acids is 1. The van der Waals surface area contributed by atoms with Crippen LogP contribution in [0, 0.1) is 0 Å². The van der Waals surface area contributed by atoms with Crippen LogP contribution in [0.4, 0.5) is 10.5 Å². The number of anilines is 1. The first kappa shape index (κ1) is 17.4. The van der Waals surface area contributed by atoms with Crippen molar-refractivity contribution in [3.63, 3.8) is 0 Å². The van der Waals surface area contributed by atoms with E-state index in [1.165, 1.54) is 14.2 Å². The molecule has 1 rings (SSSR count). The molecule has 6 nitrogen and oxygen atoms in total. The molecule has 0 atom stereocenters. The minimum atomic E-state index is -0.328. The Morgan fingerprint density at radius 2 is 1.95 bits per heavy atom. The molecule has 0 spiro atoms. The summed E-state index contributed by atoms with van der Waals surface area (Å²) in [4.78, 5) is 11.8. The number of benzene rings is 1. The molecule has 0 saturated carbocycles. The van der Waals surface area contributed by atoms with Gasteiger partial charge in [0, 0.05) is 25.8 Å². The van der Waals surface area contributed by atoms with Gasteiger partial charge in [-0.3, -0.25) is 0 Å². The summed E-state index contributed by atoms with van der Waals surface area (Å²) in [6.07, 6.45) is 0.752. The molecule has 1 aromatic rings. The van der Waals surface area contributed by atoms with Gasteiger partial charge < -0.3 is 24.8 Å². The molecule has 0 aliphatic heterocycles.